The van der Waals surface area contributed by atoms with Crippen LogP contribution in [-0.2, 0) is 9.53 Å². The smallest absolute Gasteiger partial charge is 0.246 e. The summed E-state index contributed by atoms with van der Waals surface area (Å²) in [6, 6.07) is 4.01. The first-order valence-electron chi connectivity index (χ1n) is 7.77. The summed E-state index contributed by atoms with van der Waals surface area (Å²) in [6.45, 7) is 5.44. The minimum atomic E-state index is 0.112. The number of halogens is 1. The van der Waals surface area contributed by atoms with E-state index in [9.17, 15) is 4.79 Å². The van der Waals surface area contributed by atoms with Crippen molar-refractivity contribution in [3.05, 3.63) is 26.9 Å². The van der Waals surface area contributed by atoms with Crippen LogP contribution in [0.4, 0.5) is 0 Å². The number of ether oxygens (including phenoxy) is 1. The average molecular weight is 385 g/mol. The van der Waals surface area contributed by atoms with Crippen LogP contribution in [0.25, 0.3) is 6.08 Å². The van der Waals surface area contributed by atoms with Gasteiger partial charge in [-0.1, -0.05) is 0 Å². The van der Waals surface area contributed by atoms with Crippen LogP contribution < -0.4 is 0 Å². The monoisotopic (exact) mass is 384 g/mol. The van der Waals surface area contributed by atoms with Crippen LogP contribution in [0, 0.1) is 0 Å². The lowest BCUT2D eigenvalue weighted by atomic mass is 10.2. The fourth-order valence-electron chi connectivity index (χ4n) is 2.90. The van der Waals surface area contributed by atoms with E-state index in [1.54, 1.807) is 17.4 Å². The second-order valence-corrected chi connectivity index (χ2v) is 8.23. The first-order chi connectivity index (χ1) is 10.7. The maximum atomic E-state index is 12.2. The zero-order chi connectivity index (χ0) is 15.4. The van der Waals surface area contributed by atoms with E-state index in [2.05, 4.69) is 20.8 Å². The van der Waals surface area contributed by atoms with Gasteiger partial charge in [-0.2, -0.15) is 0 Å². The van der Waals surface area contributed by atoms with E-state index >= 15 is 0 Å². The number of carbonyl (C=O) groups excluding carboxylic acids is 1. The van der Waals surface area contributed by atoms with E-state index in [1.165, 1.54) is 12.8 Å². The minimum Gasteiger partial charge on any atom is -0.377 e. The molecular weight excluding hydrogens is 364 g/mol. The maximum absolute atomic E-state index is 12.2. The van der Waals surface area contributed by atoms with Crippen molar-refractivity contribution in [1.82, 2.24) is 9.80 Å². The molecule has 6 heteroatoms. The third kappa shape index (κ3) is 4.41. The van der Waals surface area contributed by atoms with Gasteiger partial charge in [0.2, 0.25) is 5.91 Å². The number of carbonyl (C=O) groups is 1. The number of hydrogen-bond acceptors (Lipinski definition) is 4. The molecule has 0 radical (unpaired) electrons. The number of hydrogen-bond donors (Lipinski definition) is 0. The van der Waals surface area contributed by atoms with E-state index < -0.39 is 0 Å². The van der Waals surface area contributed by atoms with Gasteiger partial charge >= 0.3 is 0 Å². The molecule has 0 bridgehead atoms. The van der Waals surface area contributed by atoms with Gasteiger partial charge in [0, 0.05) is 50.3 Å². The van der Waals surface area contributed by atoms with Gasteiger partial charge in [-0.05, 0) is 47.0 Å². The van der Waals surface area contributed by atoms with Crippen LogP contribution >= 0.6 is 27.3 Å². The molecule has 1 aromatic heterocycles. The molecule has 3 rings (SSSR count). The lowest BCUT2D eigenvalue weighted by Crippen LogP contribution is -2.50. The molecule has 2 aliphatic heterocycles. The highest BCUT2D eigenvalue weighted by molar-refractivity contribution is 9.11. The summed E-state index contributed by atoms with van der Waals surface area (Å²) in [5.74, 6) is 0.112. The van der Waals surface area contributed by atoms with Crippen molar-refractivity contribution >= 4 is 39.2 Å². The van der Waals surface area contributed by atoms with Gasteiger partial charge < -0.3 is 9.64 Å². The third-order valence-electron chi connectivity index (χ3n) is 4.15. The summed E-state index contributed by atoms with van der Waals surface area (Å²) < 4.78 is 6.77. The molecule has 2 fully saturated rings. The number of amides is 1. The van der Waals surface area contributed by atoms with Gasteiger partial charge in [-0.3, -0.25) is 9.69 Å². The Kier molecular flexibility index (Phi) is 5.68. The molecule has 0 saturated carbocycles. The molecule has 4 nitrogen and oxygen atoms in total. The standard InChI is InChI=1S/C16H21BrN2O2S/c17-15-5-3-14(22-15)4-6-16(20)19-9-7-18(8-10-19)12-13-2-1-11-21-13/h3-6,13H,1-2,7-12H2/b6-4+. The highest BCUT2D eigenvalue weighted by Crippen LogP contribution is 2.23. The normalized spacial score (nSPS) is 23.5. The summed E-state index contributed by atoms with van der Waals surface area (Å²) >= 11 is 5.06. The van der Waals surface area contributed by atoms with Crippen molar-refractivity contribution in [3.8, 4) is 0 Å². The SMILES string of the molecule is O=C(/C=C/c1ccc(Br)s1)N1CCN(CC2CCCO2)CC1. The summed E-state index contributed by atoms with van der Waals surface area (Å²) in [5, 5.41) is 0. The molecule has 0 N–H and O–H groups in total. The predicted molar refractivity (Wildman–Crippen MR) is 93.0 cm³/mol. The molecule has 0 spiro atoms. The minimum absolute atomic E-state index is 0.112. The summed E-state index contributed by atoms with van der Waals surface area (Å²) in [6.07, 6.45) is 6.36. The highest BCUT2D eigenvalue weighted by Gasteiger charge is 2.23. The molecule has 1 aromatic rings. The van der Waals surface area contributed by atoms with Gasteiger partial charge in [0.1, 0.15) is 0 Å². The predicted octanol–water partition coefficient (Wildman–Crippen LogP) is 2.85. The van der Waals surface area contributed by atoms with Crippen LogP contribution in [0.1, 0.15) is 17.7 Å². The number of piperazine rings is 1. The molecule has 0 aliphatic carbocycles. The molecular formula is C16H21BrN2O2S. The largest absolute Gasteiger partial charge is 0.377 e. The van der Waals surface area contributed by atoms with Crippen LogP contribution in [0.5, 0.6) is 0 Å². The maximum Gasteiger partial charge on any atom is 0.246 e. The van der Waals surface area contributed by atoms with Crippen molar-refractivity contribution < 1.29 is 9.53 Å². The van der Waals surface area contributed by atoms with Crippen molar-refractivity contribution in [1.29, 1.82) is 0 Å². The van der Waals surface area contributed by atoms with Crippen molar-refractivity contribution in [2.75, 3.05) is 39.3 Å². The van der Waals surface area contributed by atoms with Crippen LogP contribution in [-0.4, -0.2) is 61.1 Å². The van der Waals surface area contributed by atoms with Gasteiger partial charge in [-0.15, -0.1) is 11.3 Å². The van der Waals surface area contributed by atoms with Gasteiger partial charge in [0.15, 0.2) is 0 Å². The Balaban J connectivity index is 1.44. The lowest BCUT2D eigenvalue weighted by molar-refractivity contribution is -0.127. The molecule has 120 valence electrons. The molecule has 2 saturated heterocycles. The van der Waals surface area contributed by atoms with Gasteiger partial charge in [-0.25, -0.2) is 0 Å². The van der Waals surface area contributed by atoms with E-state index in [1.807, 2.05) is 23.1 Å². The third-order valence-corrected chi connectivity index (χ3v) is 5.74. The van der Waals surface area contributed by atoms with Crippen LogP contribution in [0.2, 0.25) is 0 Å². The van der Waals surface area contributed by atoms with Crippen molar-refractivity contribution in [2.24, 2.45) is 0 Å². The van der Waals surface area contributed by atoms with Crippen LogP contribution in [0.3, 0.4) is 0 Å². The Morgan fingerprint density at radius 1 is 1.36 bits per heavy atom. The number of rotatable bonds is 4. The van der Waals surface area contributed by atoms with E-state index in [-0.39, 0.29) is 5.91 Å². The molecule has 1 unspecified atom stereocenters. The first-order valence-corrected chi connectivity index (χ1v) is 9.38. The van der Waals surface area contributed by atoms with Gasteiger partial charge in [0.25, 0.3) is 0 Å². The second kappa shape index (κ2) is 7.73. The summed E-state index contributed by atoms with van der Waals surface area (Å²) in [4.78, 5) is 17.7. The zero-order valence-corrected chi connectivity index (χ0v) is 14.9. The highest BCUT2D eigenvalue weighted by atomic mass is 79.9. The number of nitrogens with zero attached hydrogens (tertiary/aromatic N) is 2. The van der Waals surface area contributed by atoms with E-state index in [4.69, 9.17) is 4.74 Å². The quantitative estimate of drug-likeness (QED) is 0.748. The zero-order valence-electron chi connectivity index (χ0n) is 12.5. The van der Waals surface area contributed by atoms with Crippen LogP contribution in [0.15, 0.2) is 22.0 Å². The Morgan fingerprint density at radius 3 is 2.82 bits per heavy atom. The molecule has 2 aliphatic rings. The fraction of sp³-hybridized carbons (Fsp3) is 0.562. The van der Waals surface area contributed by atoms with Crippen molar-refractivity contribution in [3.63, 3.8) is 0 Å². The Labute approximate surface area is 143 Å². The molecule has 1 amide bonds. The average Bonchev–Trinajstić information content (AvgIpc) is 3.17. The Hall–Kier alpha value is -0.690. The molecule has 0 aromatic carbocycles. The summed E-state index contributed by atoms with van der Waals surface area (Å²) in [5.41, 5.74) is 0. The second-order valence-electron chi connectivity index (χ2n) is 5.74. The van der Waals surface area contributed by atoms with E-state index in [0.29, 0.717) is 6.10 Å². The lowest BCUT2D eigenvalue weighted by Gasteiger charge is -2.35. The Morgan fingerprint density at radius 2 is 2.18 bits per heavy atom. The number of thiophene rings is 1. The molecule has 22 heavy (non-hydrogen) atoms. The fourth-order valence-corrected chi connectivity index (χ4v) is 4.23. The van der Waals surface area contributed by atoms with E-state index in [0.717, 1.165) is 48.0 Å². The van der Waals surface area contributed by atoms with Crippen molar-refractivity contribution in [2.45, 2.75) is 18.9 Å². The molecule has 1 atom stereocenters. The Bertz CT molecular complexity index is 532. The van der Waals surface area contributed by atoms with Gasteiger partial charge in [0.05, 0.1) is 9.89 Å². The molecule has 3 heterocycles. The topological polar surface area (TPSA) is 32.8 Å². The summed E-state index contributed by atoms with van der Waals surface area (Å²) in [7, 11) is 0. The first kappa shape index (κ1) is 16.2.